The molecule has 0 fully saturated rings. The Bertz CT molecular complexity index is 2750. The molecule has 240 valence electrons. The minimum absolute atomic E-state index is 0. The van der Waals surface area contributed by atoms with Crippen molar-refractivity contribution in [1.82, 2.24) is 14.1 Å². The van der Waals surface area contributed by atoms with Gasteiger partial charge >= 0.3 is 0 Å². The predicted molar refractivity (Wildman–Crippen MR) is 196 cm³/mol. The van der Waals surface area contributed by atoms with Crippen molar-refractivity contribution in [3.8, 4) is 17.3 Å². The van der Waals surface area contributed by atoms with Gasteiger partial charge in [-0.2, -0.15) is 18.8 Å². The van der Waals surface area contributed by atoms with Gasteiger partial charge in [0.1, 0.15) is 5.82 Å². The number of fused-ring (bicyclic) bond motifs is 8. The van der Waals surface area contributed by atoms with Crippen LogP contribution in [-0.4, -0.2) is 21.2 Å². The van der Waals surface area contributed by atoms with E-state index in [-0.39, 0.29) is 21.1 Å². The average molecular weight is 814 g/mol. The number of hydrogen-bond acceptors (Lipinski definition) is 4. The first-order valence-electron chi connectivity index (χ1n) is 16.0. The van der Waals surface area contributed by atoms with Crippen molar-refractivity contribution in [2.75, 3.05) is 16.8 Å². The molecule has 6 nitrogen and oxygen atoms in total. The van der Waals surface area contributed by atoms with Gasteiger partial charge in [-0.3, -0.25) is 0 Å². The van der Waals surface area contributed by atoms with Crippen LogP contribution in [0, 0.1) is 18.8 Å². The first-order chi connectivity index (χ1) is 23.6. The Kier molecular flexibility index (Phi) is 6.79. The van der Waals surface area contributed by atoms with Gasteiger partial charge in [0, 0.05) is 85.1 Å². The number of rotatable bonds is 4. The van der Waals surface area contributed by atoms with Gasteiger partial charge < -0.3 is 23.7 Å². The summed E-state index contributed by atoms with van der Waals surface area (Å²) in [5, 5.41) is 7.02. The molecule has 1 aliphatic rings. The summed E-state index contributed by atoms with van der Waals surface area (Å²) < 4.78 is 10.9. The molecule has 0 amide bonds. The maximum atomic E-state index is 6.45. The van der Waals surface area contributed by atoms with Crippen LogP contribution in [0.3, 0.4) is 0 Å². The van der Waals surface area contributed by atoms with Crippen LogP contribution in [-0.2, 0) is 28.1 Å². The van der Waals surface area contributed by atoms with E-state index in [0.717, 1.165) is 55.6 Å². The van der Waals surface area contributed by atoms with Crippen LogP contribution in [0.15, 0.2) is 128 Å². The minimum atomic E-state index is 0. The molecule has 9 aromatic rings. The largest absolute Gasteiger partial charge is 0.509 e. The summed E-state index contributed by atoms with van der Waals surface area (Å²) in [6, 6.07) is 49.2. The molecular weight excluding hydrogens is 786 g/mol. The molecule has 4 heterocycles. The predicted octanol–water partition coefficient (Wildman–Crippen LogP) is 10.1. The molecule has 10 rings (SSSR count). The van der Waals surface area contributed by atoms with E-state index in [4.69, 9.17) is 9.72 Å². The number of ether oxygens (including phenoxy) is 1. The fourth-order valence-corrected chi connectivity index (χ4v) is 7.27. The Labute approximate surface area is 297 Å². The molecule has 0 radical (unpaired) electrons. The second-order valence-electron chi connectivity index (χ2n) is 12.4. The molecule has 0 atom stereocenters. The summed E-state index contributed by atoms with van der Waals surface area (Å²) >= 11 is 0. The van der Waals surface area contributed by atoms with Gasteiger partial charge in [-0.05, 0) is 53.5 Å². The SMILES string of the molecule is CN1[CH-]N(c2[c-]c(Oc3[c-]c4c(cc3)c3ccccc3n4-c3cc4c(cn3)c3cc5ccccc5cc3n4C)ccc2)c2ccccc21.[Pt]. The summed E-state index contributed by atoms with van der Waals surface area (Å²) in [5.41, 5.74) is 7.44. The van der Waals surface area contributed by atoms with Crippen molar-refractivity contribution in [2.24, 2.45) is 7.05 Å². The summed E-state index contributed by atoms with van der Waals surface area (Å²) in [6.45, 7) is 2.07. The van der Waals surface area contributed by atoms with Crippen molar-refractivity contribution >= 4 is 71.4 Å². The van der Waals surface area contributed by atoms with Gasteiger partial charge in [0.2, 0.25) is 0 Å². The molecule has 6 aromatic carbocycles. The smallest absolute Gasteiger partial charge is 0.137 e. The maximum absolute atomic E-state index is 6.45. The molecule has 0 aliphatic carbocycles. The van der Waals surface area contributed by atoms with Crippen LogP contribution in [0.25, 0.3) is 60.2 Å². The Morgan fingerprint density at radius 3 is 2.22 bits per heavy atom. The molecule has 0 unspecified atom stereocenters. The fourth-order valence-electron chi connectivity index (χ4n) is 7.27. The monoisotopic (exact) mass is 813 g/mol. The fraction of sp³-hybridized carbons (Fsp3) is 0.0476. The van der Waals surface area contributed by atoms with Gasteiger partial charge in [-0.15, -0.1) is 41.4 Å². The van der Waals surface area contributed by atoms with Crippen LogP contribution in [0.2, 0.25) is 0 Å². The second-order valence-corrected chi connectivity index (χ2v) is 12.4. The van der Waals surface area contributed by atoms with Crippen molar-refractivity contribution in [2.45, 2.75) is 0 Å². The topological polar surface area (TPSA) is 38.5 Å². The van der Waals surface area contributed by atoms with E-state index >= 15 is 0 Å². The third-order valence-corrected chi connectivity index (χ3v) is 9.57. The van der Waals surface area contributed by atoms with E-state index < -0.39 is 0 Å². The molecule has 3 aromatic heterocycles. The van der Waals surface area contributed by atoms with E-state index in [9.17, 15) is 0 Å². The Balaban J connectivity index is 0.00000325. The molecule has 0 saturated heterocycles. The quantitative estimate of drug-likeness (QED) is 0.166. The number of para-hydroxylation sites is 3. The minimum Gasteiger partial charge on any atom is -0.509 e. The van der Waals surface area contributed by atoms with Crippen LogP contribution < -0.4 is 14.5 Å². The van der Waals surface area contributed by atoms with Crippen LogP contribution in [0.5, 0.6) is 11.5 Å². The number of pyridine rings is 1. The third-order valence-electron chi connectivity index (χ3n) is 9.57. The number of hydrogen-bond donors (Lipinski definition) is 0. The van der Waals surface area contributed by atoms with Crippen molar-refractivity contribution in [3.63, 3.8) is 0 Å². The average Bonchev–Trinajstić information content (AvgIpc) is 3.74. The molecule has 1 aliphatic heterocycles. The molecule has 7 heteroatoms. The molecule has 0 spiro atoms. The number of benzene rings is 6. The van der Waals surface area contributed by atoms with E-state index in [1.54, 1.807) is 0 Å². The number of anilines is 3. The Morgan fingerprint density at radius 1 is 0.612 bits per heavy atom. The van der Waals surface area contributed by atoms with Crippen molar-refractivity contribution in [1.29, 1.82) is 0 Å². The Morgan fingerprint density at radius 2 is 1.35 bits per heavy atom. The molecule has 0 bridgehead atoms. The van der Waals surface area contributed by atoms with E-state index in [1.165, 1.54) is 21.7 Å². The summed E-state index contributed by atoms with van der Waals surface area (Å²) in [6.07, 6.45) is 2.01. The van der Waals surface area contributed by atoms with Gasteiger partial charge in [0.05, 0.1) is 5.52 Å². The van der Waals surface area contributed by atoms with Gasteiger partial charge in [-0.1, -0.05) is 60.1 Å². The molecular formula is C42H28N5OPt-3. The van der Waals surface area contributed by atoms with E-state index in [2.05, 4.69) is 149 Å². The van der Waals surface area contributed by atoms with Gasteiger partial charge in [-0.25, -0.2) is 4.98 Å². The van der Waals surface area contributed by atoms with Gasteiger partial charge in [0.25, 0.3) is 0 Å². The van der Waals surface area contributed by atoms with E-state index in [1.807, 2.05) is 30.5 Å². The van der Waals surface area contributed by atoms with Crippen LogP contribution >= 0.6 is 0 Å². The number of aromatic nitrogens is 3. The zero-order valence-corrected chi connectivity index (χ0v) is 28.9. The molecule has 49 heavy (non-hydrogen) atoms. The zero-order valence-electron chi connectivity index (χ0n) is 26.7. The molecule has 0 N–H and O–H groups in total. The Hall–Kier alpha value is -5.58. The zero-order chi connectivity index (χ0) is 31.9. The third kappa shape index (κ3) is 4.55. The summed E-state index contributed by atoms with van der Waals surface area (Å²) in [5.74, 6) is 2.06. The van der Waals surface area contributed by atoms with Gasteiger partial charge in [0.15, 0.2) is 0 Å². The second kappa shape index (κ2) is 11.3. The van der Waals surface area contributed by atoms with E-state index in [0.29, 0.717) is 11.5 Å². The molecule has 0 saturated carbocycles. The first-order valence-corrected chi connectivity index (χ1v) is 16.0. The van der Waals surface area contributed by atoms with Crippen LogP contribution in [0.4, 0.5) is 17.1 Å². The van der Waals surface area contributed by atoms with Crippen molar-refractivity contribution < 1.29 is 25.8 Å². The standard InChI is InChI=1S/C42H28N5O.Pt/c1-44-26-46(38-17-8-7-16-37(38)44)29-12-9-13-30(22-29)48-31-18-19-33-32-14-5-6-15-36(32)47(41(33)23-31)42-24-40-35(25-43-42)34-20-27-10-3-4-11-28(27)21-39(34)45(40)2;/h3-21,24-26H,1-2H3;/q-3;. The number of nitrogens with zero attached hydrogens (tertiary/aromatic N) is 5. The normalized spacial score (nSPS) is 12.8. The number of aryl methyl sites for hydroxylation is 1. The summed E-state index contributed by atoms with van der Waals surface area (Å²) in [7, 11) is 4.19. The first kappa shape index (κ1) is 29.5. The maximum Gasteiger partial charge on any atom is 0.137 e. The van der Waals surface area contributed by atoms with Crippen molar-refractivity contribution in [3.05, 3.63) is 146 Å². The van der Waals surface area contributed by atoms with Crippen LogP contribution in [0.1, 0.15) is 0 Å². The summed E-state index contributed by atoms with van der Waals surface area (Å²) in [4.78, 5) is 9.30.